The molecular weight excluding hydrogens is 449 g/mol. The SMILES string of the molecule is CN(C)C1(c2ccccc2)CCC(CNC(=O)c2cccc(C(F)(F)F)c2)(c2ccccc2)CC1. The highest BCUT2D eigenvalue weighted by atomic mass is 19.4. The van der Waals surface area contributed by atoms with Crippen LogP contribution in [0.2, 0.25) is 0 Å². The average Bonchev–Trinajstić information content (AvgIpc) is 2.88. The van der Waals surface area contributed by atoms with E-state index in [1.54, 1.807) is 0 Å². The zero-order chi connectivity index (χ0) is 25.1. The monoisotopic (exact) mass is 480 g/mol. The fourth-order valence-corrected chi connectivity index (χ4v) is 5.43. The number of carbonyl (C=O) groups is 1. The Kier molecular flexibility index (Phi) is 7.04. The molecule has 0 bridgehead atoms. The molecule has 35 heavy (non-hydrogen) atoms. The Morgan fingerprint density at radius 3 is 1.94 bits per heavy atom. The first-order valence-corrected chi connectivity index (χ1v) is 11.9. The number of rotatable bonds is 6. The molecular formula is C29H31F3N2O. The van der Waals surface area contributed by atoms with E-state index in [0.29, 0.717) is 6.54 Å². The molecule has 0 aromatic heterocycles. The molecule has 3 aromatic carbocycles. The number of carbonyl (C=O) groups excluding carboxylic acids is 1. The first-order valence-electron chi connectivity index (χ1n) is 11.9. The van der Waals surface area contributed by atoms with Crippen molar-refractivity contribution in [3.63, 3.8) is 0 Å². The number of alkyl halides is 3. The van der Waals surface area contributed by atoms with Crippen molar-refractivity contribution >= 4 is 5.91 Å². The lowest BCUT2D eigenvalue weighted by atomic mass is 9.62. The number of amides is 1. The highest BCUT2D eigenvalue weighted by molar-refractivity contribution is 5.94. The molecule has 6 heteroatoms. The van der Waals surface area contributed by atoms with Gasteiger partial charge in [0.15, 0.2) is 0 Å². The fraction of sp³-hybridized carbons (Fsp3) is 0.345. The van der Waals surface area contributed by atoms with Crippen LogP contribution in [0.1, 0.15) is 52.7 Å². The van der Waals surface area contributed by atoms with Gasteiger partial charge in [0.25, 0.3) is 5.91 Å². The maximum absolute atomic E-state index is 13.1. The smallest absolute Gasteiger partial charge is 0.351 e. The van der Waals surface area contributed by atoms with Crippen LogP contribution >= 0.6 is 0 Å². The van der Waals surface area contributed by atoms with E-state index in [0.717, 1.165) is 43.4 Å². The topological polar surface area (TPSA) is 32.3 Å². The van der Waals surface area contributed by atoms with Gasteiger partial charge in [-0.15, -0.1) is 0 Å². The highest BCUT2D eigenvalue weighted by Crippen LogP contribution is 2.49. The van der Waals surface area contributed by atoms with Gasteiger partial charge in [0.2, 0.25) is 0 Å². The van der Waals surface area contributed by atoms with Crippen molar-refractivity contribution in [2.75, 3.05) is 20.6 Å². The molecule has 0 atom stereocenters. The van der Waals surface area contributed by atoms with Gasteiger partial charge >= 0.3 is 6.18 Å². The minimum absolute atomic E-state index is 0.0192. The van der Waals surface area contributed by atoms with E-state index in [1.807, 2.05) is 24.3 Å². The maximum Gasteiger partial charge on any atom is 0.416 e. The van der Waals surface area contributed by atoms with E-state index in [1.165, 1.54) is 17.7 Å². The fourth-order valence-electron chi connectivity index (χ4n) is 5.43. The predicted octanol–water partition coefficient (Wildman–Crippen LogP) is 6.40. The summed E-state index contributed by atoms with van der Waals surface area (Å²) in [6.45, 7) is 0.365. The second-order valence-corrected chi connectivity index (χ2v) is 9.70. The van der Waals surface area contributed by atoms with Gasteiger partial charge in [0.05, 0.1) is 5.56 Å². The minimum Gasteiger partial charge on any atom is -0.351 e. The van der Waals surface area contributed by atoms with Crippen LogP contribution in [0, 0.1) is 0 Å². The van der Waals surface area contributed by atoms with Crippen LogP contribution in [0.25, 0.3) is 0 Å². The molecule has 3 nitrogen and oxygen atoms in total. The second kappa shape index (κ2) is 9.86. The molecule has 1 fully saturated rings. The van der Waals surface area contributed by atoms with Crippen LogP contribution in [0.15, 0.2) is 84.9 Å². The van der Waals surface area contributed by atoms with E-state index in [2.05, 4.69) is 60.7 Å². The third-order valence-electron chi connectivity index (χ3n) is 7.63. The third-order valence-corrected chi connectivity index (χ3v) is 7.63. The van der Waals surface area contributed by atoms with Gasteiger partial charge in [-0.1, -0.05) is 66.7 Å². The van der Waals surface area contributed by atoms with Crippen molar-refractivity contribution in [2.24, 2.45) is 0 Å². The minimum atomic E-state index is -4.49. The Hall–Kier alpha value is -3.12. The molecule has 1 aliphatic carbocycles. The van der Waals surface area contributed by atoms with E-state index in [-0.39, 0.29) is 16.5 Å². The van der Waals surface area contributed by atoms with Crippen LogP contribution in [0.4, 0.5) is 13.2 Å². The number of hydrogen-bond acceptors (Lipinski definition) is 2. The van der Waals surface area contributed by atoms with Crippen LogP contribution in [0.3, 0.4) is 0 Å². The molecule has 0 heterocycles. The van der Waals surface area contributed by atoms with Gasteiger partial charge in [0, 0.05) is 23.1 Å². The van der Waals surface area contributed by atoms with Crippen LogP contribution in [0.5, 0.6) is 0 Å². The van der Waals surface area contributed by atoms with Gasteiger partial charge in [-0.2, -0.15) is 13.2 Å². The van der Waals surface area contributed by atoms with Crippen molar-refractivity contribution in [2.45, 2.75) is 42.8 Å². The molecule has 3 aromatic rings. The Labute approximate surface area is 205 Å². The Bertz CT molecular complexity index is 1140. The van der Waals surface area contributed by atoms with Crippen LogP contribution in [-0.4, -0.2) is 31.4 Å². The summed E-state index contributed by atoms with van der Waals surface area (Å²) < 4.78 is 39.4. The number of nitrogens with one attached hydrogen (secondary N) is 1. The maximum atomic E-state index is 13.1. The number of benzene rings is 3. The van der Waals surface area contributed by atoms with Gasteiger partial charge in [-0.05, 0) is 69.1 Å². The standard InChI is InChI=1S/C29H31F3N2O/c1-34(2)28(24-13-7-4-8-14-24)18-16-27(17-19-28,23-11-5-3-6-12-23)21-33-26(35)22-10-9-15-25(20-22)29(30,31)32/h3-15,20H,16-19,21H2,1-2H3,(H,33,35). The van der Waals surface area contributed by atoms with Gasteiger partial charge in [-0.25, -0.2) is 0 Å². The van der Waals surface area contributed by atoms with E-state index in [9.17, 15) is 18.0 Å². The molecule has 0 saturated heterocycles. The Balaban J connectivity index is 1.58. The largest absolute Gasteiger partial charge is 0.416 e. The highest BCUT2D eigenvalue weighted by Gasteiger charge is 2.46. The Morgan fingerprint density at radius 2 is 1.40 bits per heavy atom. The zero-order valence-electron chi connectivity index (χ0n) is 20.1. The molecule has 1 aliphatic rings. The van der Waals surface area contributed by atoms with E-state index >= 15 is 0 Å². The molecule has 0 radical (unpaired) electrons. The number of nitrogens with zero attached hydrogens (tertiary/aromatic N) is 1. The summed E-state index contributed by atoms with van der Waals surface area (Å²) in [7, 11) is 4.22. The van der Waals surface area contributed by atoms with Crippen molar-refractivity contribution < 1.29 is 18.0 Å². The van der Waals surface area contributed by atoms with Gasteiger partial charge < -0.3 is 5.32 Å². The summed E-state index contributed by atoms with van der Waals surface area (Å²) in [5.41, 5.74) is 1.21. The van der Waals surface area contributed by atoms with Crippen molar-refractivity contribution in [3.8, 4) is 0 Å². The summed E-state index contributed by atoms with van der Waals surface area (Å²) in [4.78, 5) is 15.2. The summed E-state index contributed by atoms with van der Waals surface area (Å²) >= 11 is 0. The second-order valence-electron chi connectivity index (χ2n) is 9.70. The lowest BCUT2D eigenvalue weighted by molar-refractivity contribution is -0.137. The molecule has 0 unspecified atom stereocenters. The summed E-state index contributed by atoms with van der Waals surface area (Å²) in [6.07, 6.45) is -1.01. The zero-order valence-corrected chi connectivity index (χ0v) is 20.1. The van der Waals surface area contributed by atoms with Crippen LogP contribution < -0.4 is 5.32 Å². The lowest BCUT2D eigenvalue weighted by Crippen LogP contribution is -2.51. The number of hydrogen-bond donors (Lipinski definition) is 1. The molecule has 184 valence electrons. The molecule has 1 saturated carbocycles. The molecule has 4 rings (SSSR count). The van der Waals surface area contributed by atoms with E-state index in [4.69, 9.17) is 0 Å². The normalized spacial score (nSPS) is 22.7. The summed E-state index contributed by atoms with van der Waals surface area (Å²) in [6, 6.07) is 25.2. The molecule has 1 N–H and O–H groups in total. The lowest BCUT2D eigenvalue weighted by Gasteiger charge is -2.50. The predicted molar refractivity (Wildman–Crippen MR) is 132 cm³/mol. The average molecular weight is 481 g/mol. The summed E-state index contributed by atoms with van der Waals surface area (Å²) in [5, 5.41) is 2.96. The molecule has 1 amide bonds. The van der Waals surface area contributed by atoms with Crippen molar-refractivity contribution in [1.82, 2.24) is 10.2 Å². The van der Waals surface area contributed by atoms with Gasteiger partial charge in [0.1, 0.15) is 0 Å². The van der Waals surface area contributed by atoms with Crippen LogP contribution in [-0.2, 0) is 17.1 Å². The van der Waals surface area contributed by atoms with Crippen molar-refractivity contribution in [1.29, 1.82) is 0 Å². The molecule has 0 spiro atoms. The third kappa shape index (κ3) is 5.13. The number of halogens is 3. The summed E-state index contributed by atoms with van der Waals surface area (Å²) in [5.74, 6) is -0.487. The Morgan fingerprint density at radius 1 is 0.829 bits per heavy atom. The van der Waals surface area contributed by atoms with Crippen molar-refractivity contribution in [3.05, 3.63) is 107 Å². The first-order chi connectivity index (χ1) is 16.7. The first kappa shape index (κ1) is 25.0. The van der Waals surface area contributed by atoms with Gasteiger partial charge in [-0.3, -0.25) is 9.69 Å². The molecule has 0 aliphatic heterocycles. The quantitative estimate of drug-likeness (QED) is 0.443. The van der Waals surface area contributed by atoms with E-state index < -0.39 is 17.6 Å².